The van der Waals surface area contributed by atoms with Crippen LogP contribution in [0.5, 0.6) is 0 Å². The van der Waals surface area contributed by atoms with Crippen molar-refractivity contribution in [3.8, 4) is 0 Å². The van der Waals surface area contributed by atoms with Gasteiger partial charge in [0.1, 0.15) is 17.1 Å². The minimum Gasteiger partial charge on any atom is -0.444 e. The molecule has 2 atom stereocenters. The van der Waals surface area contributed by atoms with Gasteiger partial charge in [-0.3, -0.25) is 4.79 Å². The first-order valence-corrected chi connectivity index (χ1v) is 10.2. The number of H-pyrrole nitrogens is 1. The number of amides is 1. The third kappa shape index (κ3) is 5.99. The molecule has 0 saturated carbocycles. The number of carbonyl (C=O) groups is 1. The Morgan fingerprint density at radius 3 is 2.93 bits per heavy atom. The smallest absolute Gasteiger partial charge is 0.407 e. The van der Waals surface area contributed by atoms with Gasteiger partial charge in [0.2, 0.25) is 0 Å². The summed E-state index contributed by atoms with van der Waals surface area (Å²) in [5.41, 5.74) is 0.405. The molecule has 3 N–H and O–H groups in total. The van der Waals surface area contributed by atoms with Gasteiger partial charge in [-0.2, -0.15) is 0 Å². The highest BCUT2D eigenvalue weighted by molar-refractivity contribution is 5.73. The molecule has 1 aliphatic heterocycles. The number of aromatic nitrogens is 2. The third-order valence-corrected chi connectivity index (χ3v) is 5.07. The largest absolute Gasteiger partial charge is 0.444 e. The number of aliphatic hydroxyl groups is 1. The van der Waals surface area contributed by atoms with Crippen molar-refractivity contribution in [3.05, 3.63) is 40.1 Å². The van der Waals surface area contributed by atoms with E-state index in [1.54, 1.807) is 26.8 Å². The van der Waals surface area contributed by atoms with E-state index in [2.05, 4.69) is 20.2 Å². The number of benzene rings is 1. The fraction of sp³-hybridized carbons (Fsp3) is 0.571. The Bertz CT molecular complexity index is 956. The van der Waals surface area contributed by atoms with Gasteiger partial charge in [0.25, 0.3) is 5.56 Å². The number of hydrogen-bond acceptors (Lipinski definition) is 6. The second-order valence-electron chi connectivity index (χ2n) is 8.72. The number of piperidine rings is 1. The van der Waals surface area contributed by atoms with Crippen LogP contribution in [-0.2, 0) is 11.2 Å². The number of nitrogens with one attached hydrogen (secondary N) is 2. The average Bonchev–Trinajstić information content (AvgIpc) is 2.65. The molecule has 0 radical (unpaired) electrons. The lowest BCUT2D eigenvalue weighted by atomic mass is 9.94. The van der Waals surface area contributed by atoms with Crippen LogP contribution in [-0.4, -0.2) is 64.0 Å². The van der Waals surface area contributed by atoms with Crippen molar-refractivity contribution in [2.75, 3.05) is 26.2 Å². The zero-order valence-electron chi connectivity index (χ0n) is 17.6. The lowest BCUT2D eigenvalue weighted by molar-refractivity contribution is 0.0216. The van der Waals surface area contributed by atoms with Crippen molar-refractivity contribution in [2.45, 2.75) is 45.3 Å². The number of alkyl carbamates (subject to hydrolysis) is 1. The third-order valence-electron chi connectivity index (χ3n) is 5.07. The normalized spacial score (nSPS) is 20.3. The number of halogens is 1. The molecule has 8 nitrogen and oxygen atoms in total. The molecule has 1 fully saturated rings. The number of fused-ring (bicyclic) bond motifs is 1. The molecule has 0 aliphatic carbocycles. The summed E-state index contributed by atoms with van der Waals surface area (Å²) in [5, 5.41) is 13.0. The fourth-order valence-electron chi connectivity index (χ4n) is 3.56. The van der Waals surface area contributed by atoms with Crippen LogP contribution in [0.15, 0.2) is 23.0 Å². The van der Waals surface area contributed by atoms with Crippen LogP contribution in [0.2, 0.25) is 0 Å². The average molecular weight is 420 g/mol. The quantitative estimate of drug-likeness (QED) is 0.681. The molecule has 164 valence electrons. The Morgan fingerprint density at radius 2 is 2.20 bits per heavy atom. The molecule has 30 heavy (non-hydrogen) atoms. The zero-order valence-corrected chi connectivity index (χ0v) is 17.6. The Morgan fingerprint density at radius 1 is 1.43 bits per heavy atom. The van der Waals surface area contributed by atoms with E-state index in [0.717, 1.165) is 0 Å². The van der Waals surface area contributed by atoms with Crippen molar-refractivity contribution in [2.24, 2.45) is 5.92 Å². The molecule has 0 spiro atoms. The predicted molar refractivity (Wildman–Crippen MR) is 111 cm³/mol. The number of hydrogen-bond donors (Lipinski definition) is 3. The standard InChI is InChI=1S/C21H29FN4O4/c1-21(2,3)30-20(29)23-11-13-12-26(9-7-18(13)27)8-6-16-19(28)25-17-10-14(22)4-5-15(17)24-16/h4-5,10,13,18,27H,6-9,11-12H2,1-3H3,(H,23,29)(H,25,28). The highest BCUT2D eigenvalue weighted by atomic mass is 19.1. The molecule has 0 bridgehead atoms. The van der Waals surface area contributed by atoms with Gasteiger partial charge in [0.15, 0.2) is 0 Å². The minimum absolute atomic E-state index is 0.128. The fourth-order valence-corrected chi connectivity index (χ4v) is 3.56. The number of aliphatic hydroxyl groups excluding tert-OH is 1. The first-order chi connectivity index (χ1) is 14.1. The van der Waals surface area contributed by atoms with Crippen LogP contribution in [0, 0.1) is 11.7 Å². The Kier molecular flexibility index (Phi) is 6.72. The van der Waals surface area contributed by atoms with E-state index >= 15 is 0 Å². The number of ether oxygens (including phenoxy) is 1. The molecule has 1 aromatic heterocycles. The second kappa shape index (κ2) is 9.09. The molecule has 3 rings (SSSR count). The molecule has 2 unspecified atom stereocenters. The Labute approximate surface area is 174 Å². The summed E-state index contributed by atoms with van der Waals surface area (Å²) < 4.78 is 18.5. The van der Waals surface area contributed by atoms with E-state index in [-0.39, 0.29) is 11.5 Å². The molecule has 1 aliphatic rings. The number of aromatic amines is 1. The summed E-state index contributed by atoms with van der Waals surface area (Å²) in [7, 11) is 0. The van der Waals surface area contributed by atoms with E-state index in [4.69, 9.17) is 4.74 Å². The highest BCUT2D eigenvalue weighted by Gasteiger charge is 2.28. The van der Waals surface area contributed by atoms with Crippen molar-refractivity contribution in [1.29, 1.82) is 0 Å². The van der Waals surface area contributed by atoms with Crippen molar-refractivity contribution in [3.63, 3.8) is 0 Å². The summed E-state index contributed by atoms with van der Waals surface area (Å²) in [6, 6.07) is 4.10. The summed E-state index contributed by atoms with van der Waals surface area (Å²) in [6.45, 7) is 7.58. The van der Waals surface area contributed by atoms with Gasteiger partial charge in [0, 0.05) is 38.5 Å². The maximum atomic E-state index is 13.3. The Balaban J connectivity index is 1.56. The number of carbonyl (C=O) groups excluding carboxylic acids is 1. The second-order valence-corrected chi connectivity index (χ2v) is 8.72. The Hall–Kier alpha value is -2.52. The number of rotatable bonds is 5. The minimum atomic E-state index is -0.576. The molecule has 2 heterocycles. The van der Waals surface area contributed by atoms with Crippen molar-refractivity contribution < 1.29 is 19.0 Å². The van der Waals surface area contributed by atoms with Gasteiger partial charge in [-0.05, 0) is 45.4 Å². The van der Waals surface area contributed by atoms with Gasteiger partial charge in [-0.25, -0.2) is 14.2 Å². The zero-order chi connectivity index (χ0) is 21.9. The van der Waals surface area contributed by atoms with E-state index in [1.165, 1.54) is 12.1 Å². The van der Waals surface area contributed by atoms with Crippen LogP contribution in [0.4, 0.5) is 9.18 Å². The van der Waals surface area contributed by atoms with Gasteiger partial charge in [0.05, 0.1) is 17.1 Å². The van der Waals surface area contributed by atoms with E-state index < -0.39 is 23.6 Å². The van der Waals surface area contributed by atoms with Gasteiger partial charge in [-0.1, -0.05) is 0 Å². The molecule has 2 aromatic rings. The lowest BCUT2D eigenvalue weighted by Gasteiger charge is -2.36. The SMILES string of the molecule is CC(C)(C)OC(=O)NCC1CN(CCc2nc3ccc(F)cc3[nH]c2=O)CCC1O. The first kappa shape index (κ1) is 22.2. The maximum Gasteiger partial charge on any atom is 0.407 e. The molecule has 9 heteroatoms. The van der Waals surface area contributed by atoms with Crippen LogP contribution in [0.1, 0.15) is 32.9 Å². The molecular formula is C21H29FN4O4. The number of likely N-dealkylation sites (tertiary alicyclic amines) is 1. The van der Waals surface area contributed by atoms with Gasteiger partial charge < -0.3 is 25.0 Å². The number of nitrogens with zero attached hydrogens (tertiary/aromatic N) is 2. The summed E-state index contributed by atoms with van der Waals surface area (Å²) in [6.07, 6.45) is 0.00954. The van der Waals surface area contributed by atoms with Crippen molar-refractivity contribution in [1.82, 2.24) is 20.2 Å². The summed E-state index contributed by atoms with van der Waals surface area (Å²) in [5.74, 6) is -0.553. The van der Waals surface area contributed by atoms with E-state index in [9.17, 15) is 19.1 Å². The molecule has 1 saturated heterocycles. The first-order valence-electron chi connectivity index (χ1n) is 10.2. The van der Waals surface area contributed by atoms with Crippen molar-refractivity contribution >= 4 is 17.1 Å². The predicted octanol–water partition coefficient (Wildman–Crippen LogP) is 1.81. The highest BCUT2D eigenvalue weighted by Crippen LogP contribution is 2.18. The summed E-state index contributed by atoms with van der Waals surface area (Å²) in [4.78, 5) is 33.3. The van der Waals surface area contributed by atoms with E-state index in [0.29, 0.717) is 55.7 Å². The topological polar surface area (TPSA) is 108 Å². The molecular weight excluding hydrogens is 391 g/mol. The summed E-state index contributed by atoms with van der Waals surface area (Å²) >= 11 is 0. The molecule has 1 aromatic carbocycles. The van der Waals surface area contributed by atoms with Crippen LogP contribution >= 0.6 is 0 Å². The van der Waals surface area contributed by atoms with E-state index in [1.807, 2.05) is 0 Å². The van der Waals surface area contributed by atoms with Gasteiger partial charge >= 0.3 is 6.09 Å². The maximum absolute atomic E-state index is 13.3. The van der Waals surface area contributed by atoms with Crippen LogP contribution in [0.3, 0.4) is 0 Å². The van der Waals surface area contributed by atoms with Crippen LogP contribution < -0.4 is 10.9 Å². The monoisotopic (exact) mass is 420 g/mol. The van der Waals surface area contributed by atoms with Crippen LogP contribution in [0.25, 0.3) is 11.0 Å². The van der Waals surface area contributed by atoms with Gasteiger partial charge in [-0.15, -0.1) is 0 Å². The lowest BCUT2D eigenvalue weighted by Crippen LogP contribution is -2.48. The molecule has 1 amide bonds.